The maximum absolute atomic E-state index is 13.4. The average Bonchev–Trinajstić information content (AvgIpc) is 3.15. The van der Waals surface area contributed by atoms with Gasteiger partial charge in [0.05, 0.1) is 18.8 Å². The zero-order chi connectivity index (χ0) is 20.9. The summed E-state index contributed by atoms with van der Waals surface area (Å²) in [4.78, 5) is 29.5. The molecule has 1 aromatic heterocycles. The minimum Gasteiger partial charge on any atom is -0.481 e. The lowest BCUT2D eigenvalue weighted by Crippen LogP contribution is -2.41. The summed E-state index contributed by atoms with van der Waals surface area (Å²) in [5.74, 6) is 0.454. The molecule has 1 aliphatic carbocycles. The van der Waals surface area contributed by atoms with E-state index in [-0.39, 0.29) is 11.8 Å². The SMILES string of the molecule is CCC(Oc1ccccc1)C(=O)Nc1sc2c(c1C(=O)N1CCOCC1)CCCC2. The van der Waals surface area contributed by atoms with Crippen LogP contribution in [0.4, 0.5) is 5.00 Å². The van der Waals surface area contributed by atoms with E-state index in [2.05, 4.69) is 5.32 Å². The number of hydrogen-bond donors (Lipinski definition) is 1. The molecule has 0 radical (unpaired) electrons. The van der Waals surface area contributed by atoms with Crippen molar-refractivity contribution in [3.05, 3.63) is 46.3 Å². The molecule has 1 saturated heterocycles. The van der Waals surface area contributed by atoms with E-state index in [0.29, 0.717) is 49.0 Å². The molecule has 2 amide bonds. The molecule has 1 aliphatic heterocycles. The van der Waals surface area contributed by atoms with Crippen molar-refractivity contribution in [3.63, 3.8) is 0 Å². The van der Waals surface area contributed by atoms with Crippen molar-refractivity contribution in [3.8, 4) is 5.75 Å². The van der Waals surface area contributed by atoms with E-state index in [0.717, 1.165) is 31.2 Å². The molecule has 2 aliphatic rings. The van der Waals surface area contributed by atoms with Gasteiger partial charge in [0.25, 0.3) is 11.8 Å². The van der Waals surface area contributed by atoms with E-state index in [4.69, 9.17) is 9.47 Å². The third kappa shape index (κ3) is 4.52. The Morgan fingerprint density at radius 1 is 1.17 bits per heavy atom. The van der Waals surface area contributed by atoms with Gasteiger partial charge in [-0.15, -0.1) is 11.3 Å². The number of amides is 2. The Balaban J connectivity index is 1.57. The van der Waals surface area contributed by atoms with Crippen LogP contribution >= 0.6 is 11.3 Å². The third-order valence-electron chi connectivity index (χ3n) is 5.60. The van der Waals surface area contributed by atoms with Crippen molar-refractivity contribution in [2.75, 3.05) is 31.6 Å². The quantitative estimate of drug-likeness (QED) is 0.758. The van der Waals surface area contributed by atoms with Crippen molar-refractivity contribution < 1.29 is 19.1 Å². The Morgan fingerprint density at radius 3 is 2.63 bits per heavy atom. The largest absolute Gasteiger partial charge is 0.481 e. The lowest BCUT2D eigenvalue weighted by molar-refractivity contribution is -0.122. The van der Waals surface area contributed by atoms with Crippen molar-refractivity contribution in [2.45, 2.75) is 45.1 Å². The number of carbonyl (C=O) groups excluding carboxylic acids is 2. The molecular weight excluding hydrogens is 400 g/mol. The van der Waals surface area contributed by atoms with E-state index in [9.17, 15) is 9.59 Å². The van der Waals surface area contributed by atoms with E-state index in [1.54, 1.807) is 11.3 Å². The Bertz CT molecular complexity index is 890. The molecule has 1 fully saturated rings. The zero-order valence-electron chi connectivity index (χ0n) is 17.3. The molecule has 6 nitrogen and oxygen atoms in total. The minimum absolute atomic E-state index is 0.00465. The molecule has 30 heavy (non-hydrogen) atoms. The molecular formula is C23H28N2O4S. The van der Waals surface area contributed by atoms with Crippen LogP contribution in [0.25, 0.3) is 0 Å². The Labute approximate surface area is 181 Å². The minimum atomic E-state index is -0.613. The molecule has 0 bridgehead atoms. The molecule has 7 heteroatoms. The van der Waals surface area contributed by atoms with Gasteiger partial charge in [-0.3, -0.25) is 9.59 Å². The number of nitrogens with one attached hydrogen (secondary N) is 1. The van der Waals surface area contributed by atoms with Gasteiger partial charge in [-0.05, 0) is 49.8 Å². The van der Waals surface area contributed by atoms with Crippen molar-refractivity contribution in [2.24, 2.45) is 0 Å². The molecule has 2 aromatic rings. The van der Waals surface area contributed by atoms with Gasteiger partial charge >= 0.3 is 0 Å². The average molecular weight is 429 g/mol. The number of ether oxygens (including phenoxy) is 2. The first-order chi connectivity index (χ1) is 14.7. The highest BCUT2D eigenvalue weighted by molar-refractivity contribution is 7.17. The van der Waals surface area contributed by atoms with Gasteiger partial charge in [-0.25, -0.2) is 0 Å². The zero-order valence-corrected chi connectivity index (χ0v) is 18.1. The number of thiophene rings is 1. The lowest BCUT2D eigenvalue weighted by atomic mass is 9.95. The molecule has 160 valence electrons. The maximum atomic E-state index is 13.4. The Hall–Kier alpha value is -2.38. The molecule has 0 saturated carbocycles. The van der Waals surface area contributed by atoms with Crippen molar-refractivity contribution >= 4 is 28.2 Å². The van der Waals surface area contributed by atoms with Gasteiger partial charge in [-0.1, -0.05) is 25.1 Å². The Kier molecular flexibility index (Phi) is 6.69. The summed E-state index contributed by atoms with van der Waals surface area (Å²) in [6.07, 6.45) is 3.99. The predicted octanol–water partition coefficient (Wildman–Crippen LogP) is 3.90. The number of benzene rings is 1. The van der Waals surface area contributed by atoms with Crippen LogP contribution in [0.3, 0.4) is 0 Å². The fraction of sp³-hybridized carbons (Fsp3) is 0.478. The molecule has 0 spiro atoms. The molecule has 4 rings (SSSR count). The monoisotopic (exact) mass is 428 g/mol. The van der Waals surface area contributed by atoms with Crippen LogP contribution in [0.2, 0.25) is 0 Å². The van der Waals surface area contributed by atoms with Gasteiger partial charge < -0.3 is 19.7 Å². The molecule has 1 aromatic carbocycles. The summed E-state index contributed by atoms with van der Waals surface area (Å²) in [5, 5.41) is 3.70. The number of aryl methyl sites for hydroxylation is 1. The second-order valence-corrected chi connectivity index (χ2v) is 8.74. The second-order valence-electron chi connectivity index (χ2n) is 7.64. The second kappa shape index (κ2) is 9.62. The number of fused-ring (bicyclic) bond motifs is 1. The first-order valence-corrected chi connectivity index (χ1v) is 11.5. The standard InChI is InChI=1S/C23H28N2O4S/c1-2-18(29-16-8-4-3-5-9-16)21(26)24-22-20(17-10-6-7-11-19(17)30-22)23(27)25-12-14-28-15-13-25/h3-5,8-9,18H,2,6-7,10-15H2,1H3,(H,24,26). The highest BCUT2D eigenvalue weighted by Crippen LogP contribution is 2.39. The van der Waals surface area contributed by atoms with Crippen LogP contribution in [0.15, 0.2) is 30.3 Å². The topological polar surface area (TPSA) is 67.9 Å². The van der Waals surface area contributed by atoms with E-state index in [1.807, 2.05) is 42.2 Å². The van der Waals surface area contributed by atoms with Gasteiger partial charge in [0, 0.05) is 18.0 Å². The van der Waals surface area contributed by atoms with Crippen molar-refractivity contribution in [1.82, 2.24) is 4.90 Å². The van der Waals surface area contributed by atoms with Crippen molar-refractivity contribution in [1.29, 1.82) is 0 Å². The van der Waals surface area contributed by atoms with Gasteiger partial charge in [0.15, 0.2) is 6.10 Å². The summed E-state index contributed by atoms with van der Waals surface area (Å²) < 4.78 is 11.3. The van der Waals surface area contributed by atoms with Gasteiger partial charge in [-0.2, -0.15) is 0 Å². The highest BCUT2D eigenvalue weighted by Gasteiger charge is 2.31. The molecule has 2 heterocycles. The smallest absolute Gasteiger partial charge is 0.266 e. The fourth-order valence-corrected chi connectivity index (χ4v) is 5.27. The van der Waals surface area contributed by atoms with Crippen LogP contribution in [0.5, 0.6) is 5.75 Å². The molecule has 1 atom stereocenters. The van der Waals surface area contributed by atoms with Crippen LogP contribution in [-0.2, 0) is 22.4 Å². The number of rotatable bonds is 6. The van der Waals surface area contributed by atoms with Crippen LogP contribution in [0.1, 0.15) is 47.0 Å². The summed E-state index contributed by atoms with van der Waals surface area (Å²) in [7, 11) is 0. The first-order valence-electron chi connectivity index (χ1n) is 10.7. The van der Waals surface area contributed by atoms with Crippen LogP contribution < -0.4 is 10.1 Å². The van der Waals surface area contributed by atoms with E-state index < -0.39 is 6.10 Å². The maximum Gasteiger partial charge on any atom is 0.266 e. The molecule has 1 N–H and O–H groups in total. The summed E-state index contributed by atoms with van der Waals surface area (Å²) in [5.41, 5.74) is 1.80. The van der Waals surface area contributed by atoms with E-state index in [1.165, 1.54) is 4.88 Å². The number of morpholine rings is 1. The fourth-order valence-electron chi connectivity index (χ4n) is 3.98. The summed E-state index contributed by atoms with van der Waals surface area (Å²) in [6, 6.07) is 9.35. The number of hydrogen-bond acceptors (Lipinski definition) is 5. The van der Waals surface area contributed by atoms with Gasteiger partial charge in [0.1, 0.15) is 10.8 Å². The predicted molar refractivity (Wildman–Crippen MR) is 117 cm³/mol. The highest BCUT2D eigenvalue weighted by atomic mass is 32.1. The lowest BCUT2D eigenvalue weighted by Gasteiger charge is -2.28. The summed E-state index contributed by atoms with van der Waals surface area (Å²) in [6.45, 7) is 4.22. The third-order valence-corrected chi connectivity index (χ3v) is 6.81. The van der Waals surface area contributed by atoms with Crippen LogP contribution in [-0.4, -0.2) is 49.1 Å². The first kappa shape index (κ1) is 20.9. The normalized spacial score (nSPS) is 17.2. The number of para-hydroxylation sites is 1. The number of anilines is 1. The number of nitrogens with zero attached hydrogens (tertiary/aromatic N) is 1. The van der Waals surface area contributed by atoms with E-state index >= 15 is 0 Å². The number of carbonyl (C=O) groups is 2. The van der Waals surface area contributed by atoms with Crippen LogP contribution in [0, 0.1) is 0 Å². The Morgan fingerprint density at radius 2 is 1.90 bits per heavy atom. The van der Waals surface area contributed by atoms with Gasteiger partial charge in [0.2, 0.25) is 0 Å². The summed E-state index contributed by atoms with van der Waals surface area (Å²) >= 11 is 1.55. The molecule has 1 unspecified atom stereocenters.